The van der Waals surface area contributed by atoms with Gasteiger partial charge in [-0.3, -0.25) is 4.68 Å². The largest absolute Gasteiger partial charge is 0.491 e. The summed E-state index contributed by atoms with van der Waals surface area (Å²) in [4.78, 5) is 0. The Labute approximate surface area is 114 Å². The third kappa shape index (κ3) is 3.85. The van der Waals surface area contributed by atoms with E-state index in [0.29, 0.717) is 6.54 Å². The molecule has 1 N–H and O–H groups in total. The van der Waals surface area contributed by atoms with Crippen molar-refractivity contribution in [2.75, 3.05) is 6.61 Å². The first-order valence-corrected chi connectivity index (χ1v) is 6.48. The Kier molecular flexibility index (Phi) is 4.38. The summed E-state index contributed by atoms with van der Waals surface area (Å²) in [5, 5.41) is 13.9. The molecule has 96 valence electrons. The fourth-order valence-electron chi connectivity index (χ4n) is 1.53. The summed E-state index contributed by atoms with van der Waals surface area (Å²) < 4.78 is 8.07. The van der Waals surface area contributed by atoms with Crippen LogP contribution in [0.4, 0.5) is 0 Å². The molecular formula is C13H15BrN2O2. The molecule has 0 saturated heterocycles. The molecule has 5 heteroatoms. The quantitative estimate of drug-likeness (QED) is 0.922. The van der Waals surface area contributed by atoms with Gasteiger partial charge in [0.2, 0.25) is 0 Å². The number of hydrogen-bond donors (Lipinski definition) is 1. The lowest BCUT2D eigenvalue weighted by atomic mass is 10.2. The molecule has 0 saturated carbocycles. The van der Waals surface area contributed by atoms with E-state index in [1.165, 1.54) is 5.56 Å². The topological polar surface area (TPSA) is 47.3 Å². The van der Waals surface area contributed by atoms with E-state index >= 15 is 0 Å². The lowest BCUT2D eigenvalue weighted by molar-refractivity contribution is 0.0893. The summed E-state index contributed by atoms with van der Waals surface area (Å²) in [5.74, 6) is 0.765. The van der Waals surface area contributed by atoms with Crippen LogP contribution in [0.25, 0.3) is 0 Å². The van der Waals surface area contributed by atoms with Gasteiger partial charge in [0.1, 0.15) is 18.5 Å². The number of aliphatic hydroxyl groups is 1. The first kappa shape index (κ1) is 13.1. The highest BCUT2D eigenvalue weighted by molar-refractivity contribution is 9.10. The van der Waals surface area contributed by atoms with Gasteiger partial charge in [0, 0.05) is 6.20 Å². The number of aromatic nitrogens is 2. The summed E-state index contributed by atoms with van der Waals surface area (Å²) in [6.07, 6.45) is 2.92. The normalized spacial score (nSPS) is 12.4. The van der Waals surface area contributed by atoms with Crippen LogP contribution < -0.4 is 4.74 Å². The van der Waals surface area contributed by atoms with E-state index in [9.17, 15) is 5.11 Å². The molecule has 18 heavy (non-hydrogen) atoms. The molecule has 0 amide bonds. The molecular weight excluding hydrogens is 296 g/mol. The summed E-state index contributed by atoms with van der Waals surface area (Å²) in [5.41, 5.74) is 1.18. The number of nitrogens with zero attached hydrogens (tertiary/aromatic N) is 2. The third-order valence-corrected chi connectivity index (χ3v) is 2.87. The van der Waals surface area contributed by atoms with Gasteiger partial charge in [-0.25, -0.2) is 0 Å². The van der Waals surface area contributed by atoms with Crippen molar-refractivity contribution in [3.63, 3.8) is 0 Å². The van der Waals surface area contributed by atoms with Crippen LogP contribution in [0.3, 0.4) is 0 Å². The molecule has 1 aromatic heterocycles. The zero-order valence-corrected chi connectivity index (χ0v) is 11.7. The molecule has 1 unspecified atom stereocenters. The highest BCUT2D eigenvalue weighted by atomic mass is 79.9. The minimum Gasteiger partial charge on any atom is -0.491 e. The molecule has 0 aliphatic carbocycles. The summed E-state index contributed by atoms with van der Waals surface area (Å²) >= 11 is 3.31. The molecule has 1 heterocycles. The molecule has 0 aliphatic rings. The van der Waals surface area contributed by atoms with Crippen molar-refractivity contribution >= 4 is 15.9 Å². The minimum atomic E-state index is -0.585. The second-order valence-electron chi connectivity index (χ2n) is 4.16. The van der Waals surface area contributed by atoms with Crippen LogP contribution in [0.15, 0.2) is 41.1 Å². The highest BCUT2D eigenvalue weighted by Crippen LogP contribution is 2.12. The Hall–Kier alpha value is -1.33. The Bertz CT molecular complexity index is 496. The maximum atomic E-state index is 9.83. The maximum absolute atomic E-state index is 9.83. The van der Waals surface area contributed by atoms with Gasteiger partial charge in [0.15, 0.2) is 0 Å². The minimum absolute atomic E-state index is 0.251. The zero-order valence-electron chi connectivity index (χ0n) is 10.1. The molecule has 1 atom stereocenters. The van der Waals surface area contributed by atoms with Crippen LogP contribution in [0, 0.1) is 6.92 Å². The van der Waals surface area contributed by atoms with Gasteiger partial charge >= 0.3 is 0 Å². The van der Waals surface area contributed by atoms with E-state index in [-0.39, 0.29) is 6.61 Å². The van der Waals surface area contributed by atoms with Crippen molar-refractivity contribution in [2.24, 2.45) is 0 Å². The van der Waals surface area contributed by atoms with Crippen molar-refractivity contribution in [1.82, 2.24) is 9.78 Å². The SMILES string of the molecule is Cc1ccc(OCC(O)Cn2cc(Br)cn2)cc1. The number of aliphatic hydroxyl groups excluding tert-OH is 1. The highest BCUT2D eigenvalue weighted by Gasteiger charge is 2.07. The Balaban J connectivity index is 1.81. The monoisotopic (exact) mass is 310 g/mol. The van der Waals surface area contributed by atoms with E-state index in [1.54, 1.807) is 10.9 Å². The van der Waals surface area contributed by atoms with Gasteiger partial charge in [-0.1, -0.05) is 17.7 Å². The third-order valence-electron chi connectivity index (χ3n) is 2.46. The summed E-state index contributed by atoms with van der Waals surface area (Å²) in [6.45, 7) is 2.69. The predicted molar refractivity (Wildman–Crippen MR) is 72.6 cm³/mol. The van der Waals surface area contributed by atoms with Gasteiger partial charge in [0.05, 0.1) is 17.2 Å². The van der Waals surface area contributed by atoms with Gasteiger partial charge in [-0.05, 0) is 35.0 Å². The average Bonchev–Trinajstić information content (AvgIpc) is 2.74. The number of halogens is 1. The second kappa shape index (κ2) is 6.02. The molecule has 1 aromatic carbocycles. The van der Waals surface area contributed by atoms with Gasteiger partial charge in [-0.2, -0.15) is 5.10 Å². The summed E-state index contributed by atoms with van der Waals surface area (Å²) in [7, 11) is 0. The molecule has 2 aromatic rings. The van der Waals surface area contributed by atoms with Gasteiger partial charge in [0.25, 0.3) is 0 Å². The van der Waals surface area contributed by atoms with Crippen molar-refractivity contribution in [1.29, 1.82) is 0 Å². The Morgan fingerprint density at radius 1 is 1.39 bits per heavy atom. The molecule has 0 aliphatic heterocycles. The molecule has 0 fully saturated rings. The van der Waals surface area contributed by atoms with Crippen LogP contribution >= 0.6 is 15.9 Å². The number of benzene rings is 1. The number of aryl methyl sites for hydroxylation is 1. The van der Waals surface area contributed by atoms with Gasteiger partial charge in [-0.15, -0.1) is 0 Å². The van der Waals surface area contributed by atoms with E-state index < -0.39 is 6.10 Å². The Morgan fingerprint density at radius 2 is 2.11 bits per heavy atom. The summed E-state index contributed by atoms with van der Waals surface area (Å²) in [6, 6.07) is 7.75. The number of rotatable bonds is 5. The fraction of sp³-hybridized carbons (Fsp3) is 0.308. The van der Waals surface area contributed by atoms with Crippen molar-refractivity contribution in [2.45, 2.75) is 19.6 Å². The zero-order chi connectivity index (χ0) is 13.0. The van der Waals surface area contributed by atoms with Crippen molar-refractivity contribution < 1.29 is 9.84 Å². The van der Waals surface area contributed by atoms with E-state index in [0.717, 1.165) is 10.2 Å². The Morgan fingerprint density at radius 3 is 2.72 bits per heavy atom. The maximum Gasteiger partial charge on any atom is 0.119 e. The van der Waals surface area contributed by atoms with Crippen molar-refractivity contribution in [3.8, 4) is 5.75 Å². The average molecular weight is 311 g/mol. The molecule has 0 bridgehead atoms. The van der Waals surface area contributed by atoms with Crippen molar-refractivity contribution in [3.05, 3.63) is 46.7 Å². The standard InChI is InChI=1S/C13H15BrN2O2/c1-10-2-4-13(5-3-10)18-9-12(17)8-16-7-11(14)6-15-16/h2-7,12,17H,8-9H2,1H3. The lowest BCUT2D eigenvalue weighted by Crippen LogP contribution is -2.23. The fourth-order valence-corrected chi connectivity index (χ4v) is 1.86. The van der Waals surface area contributed by atoms with Crippen LogP contribution in [0.2, 0.25) is 0 Å². The molecule has 0 spiro atoms. The van der Waals surface area contributed by atoms with Gasteiger partial charge < -0.3 is 9.84 Å². The molecule has 2 rings (SSSR count). The molecule has 4 nitrogen and oxygen atoms in total. The second-order valence-corrected chi connectivity index (χ2v) is 5.07. The van der Waals surface area contributed by atoms with Crippen LogP contribution in [0.1, 0.15) is 5.56 Å². The first-order chi connectivity index (χ1) is 8.63. The number of hydrogen-bond acceptors (Lipinski definition) is 3. The van der Waals surface area contributed by atoms with Crippen LogP contribution in [-0.4, -0.2) is 27.6 Å². The predicted octanol–water partition coefficient (Wildman–Crippen LogP) is 2.39. The smallest absolute Gasteiger partial charge is 0.119 e. The van der Waals surface area contributed by atoms with E-state index in [4.69, 9.17) is 4.74 Å². The first-order valence-electron chi connectivity index (χ1n) is 5.69. The van der Waals surface area contributed by atoms with Crippen LogP contribution in [-0.2, 0) is 6.54 Å². The van der Waals surface area contributed by atoms with E-state index in [2.05, 4.69) is 21.0 Å². The number of ether oxygens (including phenoxy) is 1. The van der Waals surface area contributed by atoms with Crippen LogP contribution in [0.5, 0.6) is 5.75 Å². The molecule has 0 radical (unpaired) electrons. The van der Waals surface area contributed by atoms with E-state index in [1.807, 2.05) is 37.4 Å². The lowest BCUT2D eigenvalue weighted by Gasteiger charge is -2.12.